The van der Waals surface area contributed by atoms with E-state index in [1.165, 1.54) is 18.5 Å². The highest BCUT2D eigenvalue weighted by Gasteiger charge is 2.13. The fourth-order valence-corrected chi connectivity index (χ4v) is 2.85. The molecule has 1 aliphatic rings. The summed E-state index contributed by atoms with van der Waals surface area (Å²) in [7, 11) is -3.90. The summed E-state index contributed by atoms with van der Waals surface area (Å²) in [6, 6.07) is 12.2. The molecule has 116 valence electrons. The molecule has 0 fully saturated rings. The quantitative estimate of drug-likeness (QED) is 0.873. The second-order valence-corrected chi connectivity index (χ2v) is 6.37. The molecule has 1 N–H and O–H groups in total. The van der Waals surface area contributed by atoms with Crippen molar-refractivity contribution in [3.8, 4) is 0 Å². The zero-order valence-corrected chi connectivity index (χ0v) is 12.8. The lowest BCUT2D eigenvalue weighted by Crippen LogP contribution is -2.10. The molecule has 3 rings (SSSR count). The molecule has 0 saturated carbocycles. The first-order valence-electron chi connectivity index (χ1n) is 6.75. The van der Waals surface area contributed by atoms with Crippen LogP contribution in [0.4, 0.5) is 0 Å². The average Bonchev–Trinajstić information content (AvgIpc) is 2.56. The number of sulfonamides is 1. The van der Waals surface area contributed by atoms with Crippen LogP contribution in [-0.2, 0) is 10.0 Å². The van der Waals surface area contributed by atoms with Crippen LogP contribution in [0.2, 0.25) is 0 Å². The van der Waals surface area contributed by atoms with Crippen LogP contribution in [0.15, 0.2) is 93.3 Å². The van der Waals surface area contributed by atoms with Crippen molar-refractivity contribution in [2.24, 2.45) is 9.63 Å². The molecule has 0 aliphatic carbocycles. The molecule has 2 aromatic rings. The van der Waals surface area contributed by atoms with Gasteiger partial charge >= 0.3 is 0 Å². The topological polar surface area (TPSA) is 82.3 Å². The van der Waals surface area contributed by atoms with Gasteiger partial charge in [0.25, 0.3) is 10.0 Å². The fourth-order valence-electron chi connectivity index (χ4n) is 2.07. The number of benzene rings is 2. The van der Waals surface area contributed by atoms with E-state index in [0.29, 0.717) is 5.70 Å². The van der Waals surface area contributed by atoms with Gasteiger partial charge in [0.1, 0.15) is 0 Å². The molecule has 0 radical (unpaired) electrons. The minimum Gasteiger partial charge on any atom is -0.284 e. The van der Waals surface area contributed by atoms with Crippen molar-refractivity contribution >= 4 is 20.8 Å². The molecular formula is C16H13N3O3S. The largest absolute Gasteiger partial charge is 0.299 e. The molecular weight excluding hydrogens is 314 g/mol. The minimum atomic E-state index is -3.90. The third-order valence-corrected chi connectivity index (χ3v) is 4.39. The lowest BCUT2D eigenvalue weighted by molar-refractivity contribution is -0.000512. The summed E-state index contributed by atoms with van der Waals surface area (Å²) in [5.41, 5.74) is 0.310. The van der Waals surface area contributed by atoms with Crippen molar-refractivity contribution in [3.05, 3.63) is 78.8 Å². The second-order valence-electron chi connectivity index (χ2n) is 4.78. The van der Waals surface area contributed by atoms with Crippen molar-refractivity contribution in [1.29, 1.82) is 0 Å². The predicted octanol–water partition coefficient (Wildman–Crippen LogP) is 3.60. The average molecular weight is 327 g/mol. The van der Waals surface area contributed by atoms with Crippen LogP contribution in [0, 0.1) is 0 Å². The van der Waals surface area contributed by atoms with E-state index in [0.717, 1.165) is 15.8 Å². The van der Waals surface area contributed by atoms with Gasteiger partial charge in [0, 0.05) is 6.20 Å². The lowest BCUT2D eigenvalue weighted by Gasteiger charge is -2.13. The number of hydrogen-bond acceptors (Lipinski definition) is 5. The first-order chi connectivity index (χ1) is 11.1. The summed E-state index contributed by atoms with van der Waals surface area (Å²) >= 11 is 0. The van der Waals surface area contributed by atoms with Gasteiger partial charge < -0.3 is 0 Å². The number of nitrogens with zero attached hydrogens (tertiary/aromatic N) is 3. The summed E-state index contributed by atoms with van der Waals surface area (Å²) in [6.07, 6.45) is 7.45. The van der Waals surface area contributed by atoms with Crippen LogP contribution < -0.4 is 0 Å². The molecule has 0 spiro atoms. The van der Waals surface area contributed by atoms with Gasteiger partial charge in [-0.15, -0.1) is 5.11 Å². The van der Waals surface area contributed by atoms with E-state index in [2.05, 4.69) is 9.63 Å². The van der Waals surface area contributed by atoms with Gasteiger partial charge in [0.15, 0.2) is 0 Å². The number of fused-ring (bicyclic) bond motifs is 1. The number of allylic oxidation sites excluding steroid dienone is 3. The van der Waals surface area contributed by atoms with Gasteiger partial charge in [0.05, 0.1) is 16.8 Å². The molecule has 6 nitrogen and oxygen atoms in total. The minimum absolute atomic E-state index is 0.0679. The van der Waals surface area contributed by atoms with Crippen LogP contribution in [0.25, 0.3) is 10.8 Å². The maximum Gasteiger partial charge on any atom is 0.299 e. The second kappa shape index (κ2) is 6.15. The summed E-state index contributed by atoms with van der Waals surface area (Å²) in [6.45, 7) is 0. The molecule has 0 aromatic heterocycles. The zero-order valence-electron chi connectivity index (χ0n) is 11.9. The number of hydroxylamine groups is 2. The maximum atomic E-state index is 12.2. The Balaban J connectivity index is 1.88. The Morgan fingerprint density at radius 2 is 1.83 bits per heavy atom. The first-order valence-corrected chi connectivity index (χ1v) is 8.19. The monoisotopic (exact) mass is 327 g/mol. The molecule has 0 saturated heterocycles. The van der Waals surface area contributed by atoms with Gasteiger partial charge in [-0.3, -0.25) is 5.21 Å². The first kappa shape index (κ1) is 15.1. The van der Waals surface area contributed by atoms with Crippen molar-refractivity contribution in [2.45, 2.75) is 4.90 Å². The standard InChI is InChI=1S/C16H13N3O3S/c20-19-10-4-3-7-15(19)12-17-18-23(21,22)16-9-8-13-5-1-2-6-14(13)11-16/h1-12,20H/b15-12+,18-17?. The number of hydrogen-bond donors (Lipinski definition) is 1. The van der Waals surface area contributed by atoms with E-state index < -0.39 is 10.0 Å². The van der Waals surface area contributed by atoms with E-state index in [-0.39, 0.29) is 4.90 Å². The Kier molecular flexibility index (Phi) is 4.05. The third-order valence-electron chi connectivity index (χ3n) is 3.23. The Hall–Kier alpha value is -2.77. The van der Waals surface area contributed by atoms with Crippen molar-refractivity contribution in [1.82, 2.24) is 5.06 Å². The van der Waals surface area contributed by atoms with E-state index >= 15 is 0 Å². The highest BCUT2D eigenvalue weighted by Crippen LogP contribution is 2.20. The molecule has 23 heavy (non-hydrogen) atoms. The van der Waals surface area contributed by atoms with Crippen LogP contribution >= 0.6 is 0 Å². The molecule has 1 heterocycles. The molecule has 7 heteroatoms. The Morgan fingerprint density at radius 3 is 2.61 bits per heavy atom. The molecule has 0 unspecified atom stereocenters. The van der Waals surface area contributed by atoms with E-state index in [1.807, 2.05) is 24.3 Å². The summed E-state index contributed by atoms with van der Waals surface area (Å²) in [5, 5.41) is 15.6. The van der Waals surface area contributed by atoms with Crippen LogP contribution in [0.3, 0.4) is 0 Å². The van der Waals surface area contributed by atoms with Crippen LogP contribution in [0.1, 0.15) is 0 Å². The SMILES string of the molecule is O=S(=O)(N=N/C=C1\C=CC=CN1O)c1ccc2ccccc2c1. The molecule has 0 amide bonds. The van der Waals surface area contributed by atoms with E-state index in [1.54, 1.807) is 30.4 Å². The highest BCUT2D eigenvalue weighted by atomic mass is 32.2. The molecule has 0 bridgehead atoms. The Bertz CT molecular complexity index is 959. The molecule has 0 atom stereocenters. The normalized spacial score (nSPS) is 16.7. The third kappa shape index (κ3) is 3.36. The maximum absolute atomic E-state index is 12.2. The van der Waals surface area contributed by atoms with Crippen molar-refractivity contribution in [2.75, 3.05) is 0 Å². The van der Waals surface area contributed by atoms with Crippen molar-refractivity contribution < 1.29 is 13.6 Å². The lowest BCUT2D eigenvalue weighted by atomic mass is 10.1. The number of rotatable bonds is 3. The van der Waals surface area contributed by atoms with E-state index in [9.17, 15) is 13.6 Å². The fraction of sp³-hybridized carbons (Fsp3) is 0. The molecule has 2 aromatic carbocycles. The summed E-state index contributed by atoms with van der Waals surface area (Å²) in [4.78, 5) is 0.0679. The van der Waals surface area contributed by atoms with Gasteiger partial charge in [-0.05, 0) is 35.1 Å². The predicted molar refractivity (Wildman–Crippen MR) is 86.0 cm³/mol. The van der Waals surface area contributed by atoms with Crippen molar-refractivity contribution in [3.63, 3.8) is 0 Å². The summed E-state index contributed by atoms with van der Waals surface area (Å²) in [5.74, 6) is 0. The smallest absolute Gasteiger partial charge is 0.284 e. The van der Waals surface area contributed by atoms with Gasteiger partial charge in [0.2, 0.25) is 0 Å². The molecule has 1 aliphatic heterocycles. The Labute approximate surface area is 133 Å². The highest BCUT2D eigenvalue weighted by molar-refractivity contribution is 7.90. The Morgan fingerprint density at radius 1 is 1.04 bits per heavy atom. The van der Waals surface area contributed by atoms with Gasteiger partial charge in [-0.2, -0.15) is 8.42 Å². The van der Waals surface area contributed by atoms with Crippen LogP contribution in [-0.4, -0.2) is 18.7 Å². The van der Waals surface area contributed by atoms with Gasteiger partial charge in [-0.1, -0.05) is 40.9 Å². The van der Waals surface area contributed by atoms with E-state index in [4.69, 9.17) is 0 Å². The zero-order chi connectivity index (χ0) is 16.3. The summed E-state index contributed by atoms with van der Waals surface area (Å²) < 4.78 is 27.8. The van der Waals surface area contributed by atoms with Gasteiger partial charge in [-0.25, -0.2) is 5.06 Å². The van der Waals surface area contributed by atoms with Crippen LogP contribution in [0.5, 0.6) is 0 Å².